The van der Waals surface area contributed by atoms with Crippen molar-refractivity contribution in [3.8, 4) is 0 Å². The molecule has 0 aliphatic carbocycles. The van der Waals surface area contributed by atoms with Gasteiger partial charge in [0.15, 0.2) is 0 Å². The number of aromatic nitrogens is 2. The van der Waals surface area contributed by atoms with Crippen LogP contribution in [0.4, 0.5) is 5.69 Å². The molecule has 2 aromatic heterocycles. The topological polar surface area (TPSA) is 49.8 Å². The van der Waals surface area contributed by atoms with Crippen molar-refractivity contribution in [3.05, 3.63) is 77.5 Å². The zero-order valence-electron chi connectivity index (χ0n) is 17.5. The summed E-state index contributed by atoms with van der Waals surface area (Å²) in [5, 5.41) is 6.65. The van der Waals surface area contributed by atoms with Crippen LogP contribution >= 0.6 is 0 Å². The molecule has 5 aromatic rings. The third kappa shape index (κ3) is 2.71. The van der Waals surface area contributed by atoms with E-state index in [1.54, 1.807) is 0 Å². The number of carbonyl (C=O) groups excluding carboxylic acids is 1. The normalized spacial score (nSPS) is 11.6. The average molecular weight is 396 g/mol. The molecule has 4 nitrogen and oxygen atoms in total. The zero-order valence-corrected chi connectivity index (χ0v) is 17.5. The van der Waals surface area contributed by atoms with Crippen molar-refractivity contribution in [3.63, 3.8) is 0 Å². The summed E-state index contributed by atoms with van der Waals surface area (Å²) < 4.78 is 2.09. The van der Waals surface area contributed by atoms with E-state index >= 15 is 0 Å². The summed E-state index contributed by atoms with van der Waals surface area (Å²) in [4.78, 5) is 16.8. The molecule has 3 aromatic carbocycles. The highest BCUT2D eigenvalue weighted by Gasteiger charge is 2.19. The Morgan fingerprint density at radius 3 is 2.57 bits per heavy atom. The van der Waals surface area contributed by atoms with Gasteiger partial charge >= 0.3 is 0 Å². The standard InChI is InChI=1S/C26H25N3O/c1-4-17-9-8-11-21-20-14-13-18(15-22(20)28-24(17)21)27-26(30)25-16(3)19-10-6-7-12-23(19)29(25)5-2/h6-15,28H,4-5H2,1-3H3,(H,27,30). The van der Waals surface area contributed by atoms with Gasteiger partial charge in [-0.2, -0.15) is 0 Å². The maximum atomic E-state index is 13.3. The summed E-state index contributed by atoms with van der Waals surface area (Å²) in [7, 11) is 0. The first-order valence-electron chi connectivity index (χ1n) is 10.5. The second-order valence-corrected chi connectivity index (χ2v) is 7.77. The molecule has 150 valence electrons. The van der Waals surface area contributed by atoms with E-state index in [-0.39, 0.29) is 5.91 Å². The highest BCUT2D eigenvalue weighted by molar-refractivity contribution is 6.12. The van der Waals surface area contributed by atoms with Gasteiger partial charge in [0, 0.05) is 44.9 Å². The lowest BCUT2D eigenvalue weighted by Gasteiger charge is -2.10. The number of hydrogen-bond acceptors (Lipinski definition) is 1. The van der Waals surface area contributed by atoms with Crippen LogP contribution in [0.2, 0.25) is 0 Å². The van der Waals surface area contributed by atoms with Gasteiger partial charge < -0.3 is 14.9 Å². The molecule has 0 fully saturated rings. The zero-order chi connectivity index (χ0) is 20.8. The number of rotatable bonds is 4. The van der Waals surface area contributed by atoms with E-state index in [9.17, 15) is 4.79 Å². The number of fused-ring (bicyclic) bond motifs is 4. The van der Waals surface area contributed by atoms with Crippen LogP contribution in [0.3, 0.4) is 0 Å². The first-order chi connectivity index (χ1) is 14.6. The van der Waals surface area contributed by atoms with E-state index < -0.39 is 0 Å². The van der Waals surface area contributed by atoms with Crippen molar-refractivity contribution in [2.75, 3.05) is 5.32 Å². The van der Waals surface area contributed by atoms with Crippen LogP contribution in [0, 0.1) is 6.92 Å². The lowest BCUT2D eigenvalue weighted by molar-refractivity contribution is 0.101. The van der Waals surface area contributed by atoms with Crippen molar-refractivity contribution in [2.24, 2.45) is 0 Å². The number of hydrogen-bond donors (Lipinski definition) is 2. The highest BCUT2D eigenvalue weighted by atomic mass is 16.2. The fraction of sp³-hybridized carbons (Fsp3) is 0.192. The van der Waals surface area contributed by atoms with Crippen LogP contribution < -0.4 is 5.32 Å². The fourth-order valence-corrected chi connectivity index (χ4v) is 4.65. The van der Waals surface area contributed by atoms with Crippen molar-refractivity contribution in [2.45, 2.75) is 33.7 Å². The van der Waals surface area contributed by atoms with Gasteiger partial charge in [-0.3, -0.25) is 4.79 Å². The maximum absolute atomic E-state index is 13.3. The van der Waals surface area contributed by atoms with Gasteiger partial charge in [0.05, 0.1) is 0 Å². The quantitative estimate of drug-likeness (QED) is 0.362. The Morgan fingerprint density at radius 1 is 0.967 bits per heavy atom. The van der Waals surface area contributed by atoms with E-state index in [1.165, 1.54) is 21.9 Å². The highest BCUT2D eigenvalue weighted by Crippen LogP contribution is 2.31. The molecule has 5 rings (SSSR count). The molecular formula is C26H25N3O. The molecule has 0 saturated heterocycles. The third-order valence-electron chi connectivity index (χ3n) is 6.11. The second-order valence-electron chi connectivity index (χ2n) is 7.77. The minimum Gasteiger partial charge on any atom is -0.354 e. The van der Waals surface area contributed by atoms with E-state index in [1.807, 2.05) is 31.2 Å². The van der Waals surface area contributed by atoms with Gasteiger partial charge in [0.25, 0.3) is 5.91 Å². The number of aromatic amines is 1. The molecule has 0 bridgehead atoms. The average Bonchev–Trinajstić information content (AvgIpc) is 3.28. The number of carbonyl (C=O) groups is 1. The predicted molar refractivity (Wildman–Crippen MR) is 125 cm³/mol. The van der Waals surface area contributed by atoms with Crippen LogP contribution in [-0.2, 0) is 13.0 Å². The van der Waals surface area contributed by atoms with E-state index in [0.717, 1.165) is 46.3 Å². The molecule has 0 unspecified atom stereocenters. The summed E-state index contributed by atoms with van der Waals surface area (Å²) >= 11 is 0. The Balaban J connectivity index is 1.56. The maximum Gasteiger partial charge on any atom is 0.272 e. The minimum absolute atomic E-state index is 0.0738. The predicted octanol–water partition coefficient (Wildman–Crippen LogP) is 6.42. The Bertz CT molecular complexity index is 1420. The molecule has 30 heavy (non-hydrogen) atoms. The number of H-pyrrole nitrogens is 1. The molecule has 0 spiro atoms. The molecule has 0 aliphatic heterocycles. The van der Waals surface area contributed by atoms with Gasteiger partial charge in [0.2, 0.25) is 0 Å². The number of nitrogens with zero attached hydrogens (tertiary/aromatic N) is 1. The fourth-order valence-electron chi connectivity index (χ4n) is 4.65. The molecule has 0 radical (unpaired) electrons. The number of aryl methyl sites for hydroxylation is 3. The molecule has 0 saturated carbocycles. The Hall–Kier alpha value is -3.53. The van der Waals surface area contributed by atoms with Crippen molar-refractivity contribution < 1.29 is 4.79 Å². The lowest BCUT2D eigenvalue weighted by atomic mass is 10.1. The lowest BCUT2D eigenvalue weighted by Crippen LogP contribution is -2.17. The molecule has 2 heterocycles. The van der Waals surface area contributed by atoms with Gasteiger partial charge in [-0.25, -0.2) is 0 Å². The number of anilines is 1. The molecule has 1 amide bonds. The monoisotopic (exact) mass is 395 g/mol. The van der Waals surface area contributed by atoms with Crippen molar-refractivity contribution in [1.82, 2.24) is 9.55 Å². The second kappa shape index (κ2) is 7.06. The molecule has 0 atom stereocenters. The summed E-state index contributed by atoms with van der Waals surface area (Å²) in [6, 6.07) is 20.7. The number of amides is 1. The summed E-state index contributed by atoms with van der Waals surface area (Å²) in [5.74, 6) is -0.0738. The van der Waals surface area contributed by atoms with E-state index in [0.29, 0.717) is 0 Å². The van der Waals surface area contributed by atoms with Crippen molar-refractivity contribution in [1.29, 1.82) is 0 Å². The largest absolute Gasteiger partial charge is 0.354 e. The van der Waals surface area contributed by atoms with Crippen LogP contribution in [0.1, 0.15) is 35.5 Å². The van der Waals surface area contributed by atoms with E-state index in [2.05, 4.69) is 65.1 Å². The Labute approximate surface area is 175 Å². The summed E-state index contributed by atoms with van der Waals surface area (Å²) in [6.45, 7) is 7.01. The smallest absolute Gasteiger partial charge is 0.272 e. The van der Waals surface area contributed by atoms with Crippen LogP contribution in [-0.4, -0.2) is 15.5 Å². The van der Waals surface area contributed by atoms with Gasteiger partial charge in [-0.05, 0) is 49.6 Å². The van der Waals surface area contributed by atoms with Crippen molar-refractivity contribution >= 4 is 44.3 Å². The summed E-state index contributed by atoms with van der Waals surface area (Å²) in [6.07, 6.45) is 0.981. The number of para-hydroxylation sites is 2. The Morgan fingerprint density at radius 2 is 1.77 bits per heavy atom. The molecule has 4 heteroatoms. The molecule has 2 N–H and O–H groups in total. The third-order valence-corrected chi connectivity index (χ3v) is 6.11. The molecular weight excluding hydrogens is 370 g/mol. The summed E-state index contributed by atoms with van der Waals surface area (Å²) in [5.41, 5.74) is 7.16. The number of nitrogens with one attached hydrogen (secondary N) is 2. The van der Waals surface area contributed by atoms with Crippen LogP contribution in [0.5, 0.6) is 0 Å². The van der Waals surface area contributed by atoms with Gasteiger partial charge in [-0.15, -0.1) is 0 Å². The first-order valence-corrected chi connectivity index (χ1v) is 10.5. The van der Waals surface area contributed by atoms with Gasteiger partial charge in [-0.1, -0.05) is 49.4 Å². The minimum atomic E-state index is -0.0738. The van der Waals surface area contributed by atoms with Gasteiger partial charge in [0.1, 0.15) is 5.69 Å². The van der Waals surface area contributed by atoms with E-state index in [4.69, 9.17) is 0 Å². The SMILES string of the molecule is CCc1cccc2c1[nH]c1cc(NC(=O)c3c(C)c4ccccc4n3CC)ccc12. The number of benzene rings is 3. The van der Waals surface area contributed by atoms with Crippen LogP contribution in [0.15, 0.2) is 60.7 Å². The Kier molecular flexibility index (Phi) is 4.35. The van der Waals surface area contributed by atoms with Crippen LogP contribution in [0.25, 0.3) is 32.7 Å². The first kappa shape index (κ1) is 18.5. The molecule has 0 aliphatic rings.